The minimum atomic E-state index is -0.558. The third-order valence-electron chi connectivity index (χ3n) is 3.85. The average Bonchev–Trinajstić information content (AvgIpc) is 2.65. The molecule has 2 amide bonds. The van der Waals surface area contributed by atoms with Crippen molar-refractivity contribution < 1.29 is 19.1 Å². The molecule has 0 spiro atoms. The fourth-order valence-electron chi connectivity index (χ4n) is 2.65. The topological polar surface area (TPSA) is 67.9 Å². The van der Waals surface area contributed by atoms with Crippen molar-refractivity contribution in [2.45, 2.75) is 0 Å². The Kier molecular flexibility index (Phi) is 4.99. The van der Waals surface area contributed by atoms with E-state index in [9.17, 15) is 9.59 Å². The Morgan fingerprint density at radius 1 is 1.00 bits per heavy atom. The van der Waals surface area contributed by atoms with Gasteiger partial charge in [0.05, 0.1) is 19.9 Å². The monoisotopic (exact) mass is 368 g/mol. The van der Waals surface area contributed by atoms with Crippen molar-refractivity contribution in [3.05, 3.63) is 59.7 Å². The summed E-state index contributed by atoms with van der Waals surface area (Å²) in [4.78, 5) is 26.6. The molecule has 2 aromatic carbocycles. The molecular weight excluding hydrogens is 352 g/mol. The number of hydrogen-bond acceptors (Lipinski definition) is 5. The van der Waals surface area contributed by atoms with Crippen LogP contribution < -0.4 is 19.7 Å². The molecule has 2 aromatic rings. The van der Waals surface area contributed by atoms with E-state index in [1.807, 2.05) is 6.07 Å². The van der Waals surface area contributed by atoms with Gasteiger partial charge in [-0.25, -0.2) is 0 Å². The molecule has 0 atom stereocenters. The lowest BCUT2D eigenvalue weighted by Gasteiger charge is -2.29. The van der Waals surface area contributed by atoms with Crippen LogP contribution in [0.2, 0.25) is 0 Å². The predicted octanol–water partition coefficient (Wildman–Crippen LogP) is 2.54. The van der Waals surface area contributed by atoms with Crippen molar-refractivity contribution >= 4 is 40.9 Å². The second-order valence-electron chi connectivity index (χ2n) is 5.38. The normalized spacial score (nSPS) is 15.8. The Morgan fingerprint density at radius 3 is 2.38 bits per heavy atom. The Morgan fingerprint density at radius 2 is 1.73 bits per heavy atom. The Hall–Kier alpha value is -3.19. The highest BCUT2D eigenvalue weighted by Crippen LogP contribution is 2.33. The number of carbonyl (C=O) groups is 2. The van der Waals surface area contributed by atoms with Gasteiger partial charge in [0, 0.05) is 5.56 Å². The van der Waals surface area contributed by atoms with Crippen molar-refractivity contribution in [2.75, 3.05) is 19.1 Å². The van der Waals surface area contributed by atoms with Gasteiger partial charge in [-0.1, -0.05) is 30.3 Å². The van der Waals surface area contributed by atoms with E-state index in [2.05, 4.69) is 5.32 Å². The molecule has 0 radical (unpaired) electrons. The number of carbonyl (C=O) groups excluding carboxylic acids is 2. The smallest absolute Gasteiger partial charge is 0.270 e. The molecule has 0 aliphatic carbocycles. The number of nitrogens with one attached hydrogen (secondary N) is 1. The van der Waals surface area contributed by atoms with Gasteiger partial charge in [-0.05, 0) is 36.5 Å². The summed E-state index contributed by atoms with van der Waals surface area (Å²) in [6.07, 6.45) is 1.47. The third-order valence-corrected chi connectivity index (χ3v) is 4.13. The van der Waals surface area contributed by atoms with Crippen LogP contribution in [-0.2, 0) is 9.59 Å². The van der Waals surface area contributed by atoms with Gasteiger partial charge in [-0.2, -0.15) is 0 Å². The maximum atomic E-state index is 12.9. The number of anilines is 1. The fraction of sp³-hybridized carbons (Fsp3) is 0.105. The highest BCUT2D eigenvalue weighted by Gasteiger charge is 2.34. The number of benzene rings is 2. The molecular formula is C19H16N2O4S. The standard InChI is InChI=1S/C19H16N2O4S/c1-24-15-10-6-7-12(16(15)25-2)11-14-17(22)20-19(26)21(18(14)23)13-8-4-3-5-9-13/h3-11H,1-2H3,(H,20,22,26)/b14-11+. The summed E-state index contributed by atoms with van der Waals surface area (Å²) in [7, 11) is 3.01. The van der Waals surface area contributed by atoms with Crippen LogP contribution in [0.3, 0.4) is 0 Å². The molecule has 1 aliphatic heterocycles. The average molecular weight is 368 g/mol. The lowest BCUT2D eigenvalue weighted by Crippen LogP contribution is -2.54. The summed E-state index contributed by atoms with van der Waals surface area (Å²) < 4.78 is 10.6. The summed E-state index contributed by atoms with van der Waals surface area (Å²) in [6, 6.07) is 14.1. The number of methoxy groups -OCH3 is 2. The molecule has 0 aromatic heterocycles. The summed E-state index contributed by atoms with van der Waals surface area (Å²) in [5.74, 6) is -0.129. The molecule has 132 valence electrons. The van der Waals surface area contributed by atoms with E-state index < -0.39 is 11.8 Å². The maximum Gasteiger partial charge on any atom is 0.270 e. The van der Waals surface area contributed by atoms with Crippen LogP contribution in [0.15, 0.2) is 54.1 Å². The molecule has 3 rings (SSSR count). The number of amides is 2. The van der Waals surface area contributed by atoms with Crippen LogP contribution in [0, 0.1) is 0 Å². The largest absolute Gasteiger partial charge is 0.493 e. The number of para-hydroxylation sites is 2. The van der Waals surface area contributed by atoms with E-state index in [1.54, 1.807) is 42.5 Å². The lowest BCUT2D eigenvalue weighted by atomic mass is 10.1. The van der Waals surface area contributed by atoms with Crippen molar-refractivity contribution in [2.24, 2.45) is 0 Å². The molecule has 1 saturated heterocycles. The molecule has 0 bridgehead atoms. The Balaban J connectivity index is 2.07. The molecule has 0 unspecified atom stereocenters. The zero-order valence-electron chi connectivity index (χ0n) is 14.2. The molecule has 1 N–H and O–H groups in total. The number of thiocarbonyl (C=S) groups is 1. The first-order valence-electron chi connectivity index (χ1n) is 7.74. The van der Waals surface area contributed by atoms with E-state index >= 15 is 0 Å². The van der Waals surface area contributed by atoms with Crippen LogP contribution in [0.1, 0.15) is 5.56 Å². The van der Waals surface area contributed by atoms with Crippen LogP contribution in [0.5, 0.6) is 11.5 Å². The summed E-state index contributed by atoms with van der Waals surface area (Å²) >= 11 is 5.17. The van der Waals surface area contributed by atoms with Gasteiger partial charge in [0.15, 0.2) is 16.6 Å². The minimum absolute atomic E-state index is 0.0426. The fourth-order valence-corrected chi connectivity index (χ4v) is 2.93. The zero-order chi connectivity index (χ0) is 18.7. The minimum Gasteiger partial charge on any atom is -0.493 e. The van der Waals surface area contributed by atoms with Crippen LogP contribution in [-0.4, -0.2) is 31.1 Å². The van der Waals surface area contributed by atoms with Gasteiger partial charge in [-0.3, -0.25) is 19.8 Å². The zero-order valence-corrected chi connectivity index (χ0v) is 15.0. The van der Waals surface area contributed by atoms with E-state index in [4.69, 9.17) is 21.7 Å². The van der Waals surface area contributed by atoms with E-state index in [0.29, 0.717) is 22.7 Å². The molecule has 7 heteroatoms. The van der Waals surface area contributed by atoms with Crippen LogP contribution in [0.25, 0.3) is 6.08 Å². The van der Waals surface area contributed by atoms with Gasteiger partial charge in [0.25, 0.3) is 11.8 Å². The summed E-state index contributed by atoms with van der Waals surface area (Å²) in [5.41, 5.74) is 1.08. The first-order chi connectivity index (χ1) is 12.6. The van der Waals surface area contributed by atoms with E-state index in [0.717, 1.165) is 0 Å². The second kappa shape index (κ2) is 7.37. The maximum absolute atomic E-state index is 12.9. The Bertz CT molecular complexity index is 909. The number of hydrogen-bond donors (Lipinski definition) is 1. The van der Waals surface area contributed by atoms with Gasteiger partial charge in [0.1, 0.15) is 5.57 Å². The number of nitrogens with zero attached hydrogens (tertiary/aromatic N) is 1. The van der Waals surface area contributed by atoms with E-state index in [-0.39, 0.29) is 10.7 Å². The van der Waals surface area contributed by atoms with Crippen molar-refractivity contribution in [3.63, 3.8) is 0 Å². The molecule has 6 nitrogen and oxygen atoms in total. The molecule has 1 aliphatic rings. The summed E-state index contributed by atoms with van der Waals surface area (Å²) in [6.45, 7) is 0. The quantitative estimate of drug-likeness (QED) is 0.510. The highest BCUT2D eigenvalue weighted by atomic mass is 32.1. The highest BCUT2D eigenvalue weighted by molar-refractivity contribution is 7.80. The second-order valence-corrected chi connectivity index (χ2v) is 5.76. The van der Waals surface area contributed by atoms with Gasteiger partial charge < -0.3 is 9.47 Å². The van der Waals surface area contributed by atoms with Gasteiger partial charge in [0.2, 0.25) is 0 Å². The van der Waals surface area contributed by atoms with E-state index in [1.165, 1.54) is 25.2 Å². The first-order valence-corrected chi connectivity index (χ1v) is 8.15. The SMILES string of the molecule is COc1cccc(/C=C2\C(=O)NC(=S)N(c3ccccc3)C2=O)c1OC. The molecule has 1 heterocycles. The lowest BCUT2D eigenvalue weighted by molar-refractivity contribution is -0.122. The first kappa shape index (κ1) is 17.6. The van der Waals surface area contributed by atoms with Crippen LogP contribution >= 0.6 is 12.2 Å². The number of rotatable bonds is 4. The van der Waals surface area contributed by atoms with Gasteiger partial charge >= 0.3 is 0 Å². The predicted molar refractivity (Wildman–Crippen MR) is 102 cm³/mol. The van der Waals surface area contributed by atoms with Crippen LogP contribution in [0.4, 0.5) is 5.69 Å². The summed E-state index contributed by atoms with van der Waals surface area (Å²) in [5, 5.41) is 2.59. The molecule has 26 heavy (non-hydrogen) atoms. The van der Waals surface area contributed by atoms with Gasteiger partial charge in [-0.15, -0.1) is 0 Å². The Labute approximate surface area is 156 Å². The van der Waals surface area contributed by atoms with Crippen molar-refractivity contribution in [1.82, 2.24) is 5.32 Å². The number of ether oxygens (including phenoxy) is 2. The third kappa shape index (κ3) is 3.16. The van der Waals surface area contributed by atoms with Crippen molar-refractivity contribution in [1.29, 1.82) is 0 Å². The molecule has 0 saturated carbocycles. The van der Waals surface area contributed by atoms with Crippen molar-refractivity contribution in [3.8, 4) is 11.5 Å². The molecule has 1 fully saturated rings.